The zero-order valence-corrected chi connectivity index (χ0v) is 10.7. The van der Waals surface area contributed by atoms with Crippen molar-refractivity contribution in [2.24, 2.45) is 0 Å². The van der Waals surface area contributed by atoms with Crippen LogP contribution in [0.1, 0.15) is 5.56 Å². The zero-order chi connectivity index (χ0) is 13.0. The number of alkyl halides is 1. The molecule has 0 saturated carbocycles. The fraction of sp³-hybridized carbons (Fsp3) is 0.250. The van der Waals surface area contributed by atoms with E-state index in [4.69, 9.17) is 11.6 Å². The Bertz CT molecular complexity index is 509. The van der Waals surface area contributed by atoms with Gasteiger partial charge in [0.1, 0.15) is 18.5 Å². The average molecular weight is 265 g/mol. The summed E-state index contributed by atoms with van der Waals surface area (Å²) in [5.74, 6) is -0.0786. The second-order valence-electron chi connectivity index (χ2n) is 3.89. The summed E-state index contributed by atoms with van der Waals surface area (Å²) in [5.41, 5.74) is 1.97. The Balaban J connectivity index is 2.06. The summed E-state index contributed by atoms with van der Waals surface area (Å²) in [6.45, 7) is 0.545. The van der Waals surface area contributed by atoms with E-state index in [2.05, 4.69) is 10.1 Å². The second kappa shape index (κ2) is 5.64. The van der Waals surface area contributed by atoms with Crippen molar-refractivity contribution in [3.63, 3.8) is 0 Å². The van der Waals surface area contributed by atoms with Gasteiger partial charge in [0, 0.05) is 13.6 Å². The molecule has 1 amide bonds. The third-order valence-corrected chi connectivity index (χ3v) is 2.81. The molecule has 0 radical (unpaired) electrons. The largest absolute Gasteiger partial charge is 0.340 e. The highest BCUT2D eigenvalue weighted by atomic mass is 35.5. The molecule has 0 aliphatic heterocycles. The highest BCUT2D eigenvalue weighted by Gasteiger charge is 2.07. The lowest BCUT2D eigenvalue weighted by Gasteiger charge is -2.15. The molecule has 18 heavy (non-hydrogen) atoms. The van der Waals surface area contributed by atoms with Gasteiger partial charge in [0.25, 0.3) is 0 Å². The molecule has 1 heterocycles. The van der Waals surface area contributed by atoms with Crippen LogP contribution in [-0.4, -0.2) is 38.5 Å². The Labute approximate surface area is 110 Å². The maximum atomic E-state index is 11.3. The molecule has 0 atom stereocenters. The number of carbonyl (C=O) groups excluding carboxylic acids is 1. The third kappa shape index (κ3) is 2.87. The Morgan fingerprint density at radius 1 is 1.39 bits per heavy atom. The van der Waals surface area contributed by atoms with Crippen molar-refractivity contribution in [2.45, 2.75) is 6.54 Å². The first-order valence-corrected chi connectivity index (χ1v) is 5.98. The molecular formula is C12H13ClN4O. The molecule has 0 unspecified atom stereocenters. The van der Waals surface area contributed by atoms with Gasteiger partial charge in [-0.25, -0.2) is 9.67 Å². The predicted molar refractivity (Wildman–Crippen MR) is 68.6 cm³/mol. The van der Waals surface area contributed by atoms with Crippen molar-refractivity contribution >= 4 is 17.5 Å². The Kier molecular flexibility index (Phi) is 3.94. The van der Waals surface area contributed by atoms with Gasteiger partial charge in [-0.15, -0.1) is 11.6 Å². The molecule has 2 rings (SSSR count). The van der Waals surface area contributed by atoms with Crippen LogP contribution in [-0.2, 0) is 11.3 Å². The molecular weight excluding hydrogens is 252 g/mol. The lowest BCUT2D eigenvalue weighted by Crippen LogP contribution is -2.27. The van der Waals surface area contributed by atoms with Crippen molar-refractivity contribution in [3.8, 4) is 5.69 Å². The Morgan fingerprint density at radius 2 is 2.11 bits per heavy atom. The first kappa shape index (κ1) is 12.6. The minimum atomic E-state index is -0.0861. The van der Waals surface area contributed by atoms with Crippen molar-refractivity contribution in [1.82, 2.24) is 19.7 Å². The molecule has 0 bridgehead atoms. The minimum absolute atomic E-state index is 0.00748. The van der Waals surface area contributed by atoms with E-state index in [-0.39, 0.29) is 11.8 Å². The minimum Gasteiger partial charge on any atom is -0.340 e. The van der Waals surface area contributed by atoms with Gasteiger partial charge in [0.15, 0.2) is 0 Å². The van der Waals surface area contributed by atoms with E-state index in [1.165, 1.54) is 6.33 Å². The van der Waals surface area contributed by atoms with Crippen molar-refractivity contribution in [2.75, 3.05) is 12.9 Å². The van der Waals surface area contributed by atoms with Crippen LogP contribution in [0.15, 0.2) is 36.9 Å². The van der Waals surface area contributed by atoms with Gasteiger partial charge < -0.3 is 4.90 Å². The Hall–Kier alpha value is -1.88. The summed E-state index contributed by atoms with van der Waals surface area (Å²) in [6, 6.07) is 7.77. The van der Waals surface area contributed by atoms with Gasteiger partial charge in [-0.05, 0) is 17.7 Å². The van der Waals surface area contributed by atoms with Crippen LogP contribution in [0.25, 0.3) is 5.69 Å². The number of carbonyl (C=O) groups is 1. The first-order chi connectivity index (χ1) is 8.70. The predicted octanol–water partition coefficient (Wildman–Crippen LogP) is 1.46. The molecule has 5 nitrogen and oxygen atoms in total. The van der Waals surface area contributed by atoms with E-state index in [0.29, 0.717) is 6.54 Å². The molecule has 1 aromatic carbocycles. The van der Waals surface area contributed by atoms with Crippen molar-refractivity contribution < 1.29 is 4.79 Å². The molecule has 0 aliphatic rings. The SMILES string of the molecule is CN(Cc1ccc(-n2cncn2)cc1)C(=O)CCl. The maximum absolute atomic E-state index is 11.3. The highest BCUT2D eigenvalue weighted by Crippen LogP contribution is 2.09. The van der Waals surface area contributed by atoms with E-state index in [0.717, 1.165) is 11.3 Å². The molecule has 0 aliphatic carbocycles. The highest BCUT2D eigenvalue weighted by molar-refractivity contribution is 6.27. The number of hydrogen-bond donors (Lipinski definition) is 0. The summed E-state index contributed by atoms with van der Waals surface area (Å²) in [6.07, 6.45) is 3.12. The molecule has 0 fully saturated rings. The Morgan fingerprint density at radius 3 is 2.67 bits per heavy atom. The molecule has 0 saturated heterocycles. The molecule has 94 valence electrons. The normalized spacial score (nSPS) is 10.3. The fourth-order valence-electron chi connectivity index (χ4n) is 1.56. The van der Waals surface area contributed by atoms with Gasteiger partial charge in [-0.1, -0.05) is 12.1 Å². The number of amides is 1. The fourth-order valence-corrected chi connectivity index (χ4v) is 1.76. The smallest absolute Gasteiger partial charge is 0.237 e. The van der Waals surface area contributed by atoms with Crippen LogP contribution < -0.4 is 0 Å². The number of hydrogen-bond acceptors (Lipinski definition) is 3. The van der Waals surface area contributed by atoms with Gasteiger partial charge >= 0.3 is 0 Å². The van der Waals surface area contributed by atoms with Crippen LogP contribution >= 0.6 is 11.6 Å². The van der Waals surface area contributed by atoms with Gasteiger partial charge in [0.05, 0.1) is 5.69 Å². The molecule has 6 heteroatoms. The summed E-state index contributed by atoms with van der Waals surface area (Å²) in [5, 5.41) is 4.04. The quantitative estimate of drug-likeness (QED) is 0.786. The summed E-state index contributed by atoms with van der Waals surface area (Å²) >= 11 is 5.50. The average Bonchev–Trinajstić information content (AvgIpc) is 2.92. The van der Waals surface area contributed by atoms with E-state index in [1.807, 2.05) is 24.3 Å². The van der Waals surface area contributed by atoms with Gasteiger partial charge in [-0.3, -0.25) is 4.79 Å². The first-order valence-electron chi connectivity index (χ1n) is 5.44. The lowest BCUT2D eigenvalue weighted by atomic mass is 10.2. The topological polar surface area (TPSA) is 51.0 Å². The monoisotopic (exact) mass is 264 g/mol. The van der Waals surface area contributed by atoms with E-state index < -0.39 is 0 Å². The number of halogens is 1. The molecule has 2 aromatic rings. The summed E-state index contributed by atoms with van der Waals surface area (Å²) in [4.78, 5) is 16.8. The van der Waals surface area contributed by atoms with Crippen LogP contribution in [0, 0.1) is 0 Å². The van der Waals surface area contributed by atoms with E-state index >= 15 is 0 Å². The second-order valence-corrected chi connectivity index (χ2v) is 4.16. The summed E-state index contributed by atoms with van der Waals surface area (Å²) in [7, 11) is 1.73. The van der Waals surface area contributed by atoms with Crippen LogP contribution in [0.2, 0.25) is 0 Å². The van der Waals surface area contributed by atoms with E-state index in [1.54, 1.807) is 23.0 Å². The standard InChI is InChI=1S/C12H13ClN4O/c1-16(12(18)6-13)7-10-2-4-11(5-3-10)17-9-14-8-15-17/h2-5,8-9H,6-7H2,1H3. The molecule has 0 spiro atoms. The molecule has 1 aromatic heterocycles. The van der Waals surface area contributed by atoms with Gasteiger partial charge in [-0.2, -0.15) is 5.10 Å². The number of rotatable bonds is 4. The van der Waals surface area contributed by atoms with Crippen molar-refractivity contribution in [3.05, 3.63) is 42.5 Å². The van der Waals surface area contributed by atoms with Crippen molar-refractivity contribution in [1.29, 1.82) is 0 Å². The molecule has 0 N–H and O–H groups in total. The third-order valence-electron chi connectivity index (χ3n) is 2.58. The lowest BCUT2D eigenvalue weighted by molar-refractivity contribution is -0.127. The maximum Gasteiger partial charge on any atom is 0.237 e. The number of aromatic nitrogens is 3. The van der Waals surface area contributed by atoms with Crippen LogP contribution in [0.4, 0.5) is 0 Å². The van der Waals surface area contributed by atoms with Crippen LogP contribution in [0.3, 0.4) is 0 Å². The zero-order valence-electron chi connectivity index (χ0n) is 9.95. The number of benzene rings is 1. The summed E-state index contributed by atoms with van der Waals surface area (Å²) < 4.78 is 1.68. The van der Waals surface area contributed by atoms with E-state index in [9.17, 15) is 4.79 Å². The van der Waals surface area contributed by atoms with Crippen LogP contribution in [0.5, 0.6) is 0 Å². The number of nitrogens with zero attached hydrogens (tertiary/aromatic N) is 4. The van der Waals surface area contributed by atoms with Gasteiger partial charge in [0.2, 0.25) is 5.91 Å².